The number of ether oxygens (including phenoxy) is 4. The summed E-state index contributed by atoms with van der Waals surface area (Å²) in [4.78, 5) is 11.9. The van der Waals surface area contributed by atoms with E-state index in [1.165, 1.54) is 0 Å². The van der Waals surface area contributed by atoms with Crippen LogP contribution in [0.25, 0.3) is 0 Å². The average molecular weight is 535 g/mol. The topological polar surface area (TPSA) is 196 Å². The highest BCUT2D eigenvalue weighted by molar-refractivity contribution is 5.91. The van der Waals surface area contributed by atoms with Gasteiger partial charge in [-0.15, -0.1) is 0 Å². The number of ketones is 1. The Morgan fingerprint density at radius 2 is 1.51 bits per heavy atom. The van der Waals surface area contributed by atoms with E-state index >= 15 is 0 Å². The number of hydrogen-bond acceptors (Lipinski definition) is 12. The Kier molecular flexibility index (Phi) is 10.3. The number of aliphatic hydroxyl groups excluding tert-OH is 7. The fourth-order valence-corrected chi connectivity index (χ4v) is 5.47. The van der Waals surface area contributed by atoms with E-state index in [1.807, 2.05) is 6.92 Å². The van der Waals surface area contributed by atoms with Crippen LogP contribution in [0, 0.1) is 11.3 Å². The Labute approximate surface area is 216 Å². The first kappa shape index (κ1) is 30.5. The quantitative estimate of drug-likeness (QED) is 0.178. The Bertz CT molecular complexity index is 801. The second kappa shape index (κ2) is 12.4. The third kappa shape index (κ3) is 6.95. The molecule has 12 heteroatoms. The van der Waals surface area contributed by atoms with Crippen LogP contribution in [-0.2, 0) is 23.7 Å². The van der Waals surface area contributed by atoms with Gasteiger partial charge in [0.1, 0.15) is 48.8 Å². The zero-order chi connectivity index (χ0) is 27.7. The molecule has 1 aliphatic carbocycles. The molecule has 2 aliphatic heterocycles. The molecule has 0 bridgehead atoms. The Morgan fingerprint density at radius 1 is 0.946 bits per heavy atom. The number of aliphatic hydroxyl groups is 7. The Morgan fingerprint density at radius 3 is 2.11 bits per heavy atom. The van der Waals surface area contributed by atoms with Crippen LogP contribution in [0.5, 0.6) is 0 Å². The van der Waals surface area contributed by atoms with Crippen LogP contribution in [-0.4, -0.2) is 122 Å². The smallest absolute Gasteiger partial charge is 0.186 e. The van der Waals surface area contributed by atoms with Crippen molar-refractivity contribution in [2.75, 3.05) is 13.2 Å². The second-order valence-electron chi connectivity index (χ2n) is 11.1. The van der Waals surface area contributed by atoms with Gasteiger partial charge in [-0.2, -0.15) is 0 Å². The van der Waals surface area contributed by atoms with E-state index in [1.54, 1.807) is 13.0 Å². The average Bonchev–Trinajstić information content (AvgIpc) is 2.82. The molecule has 7 N–H and O–H groups in total. The molecule has 37 heavy (non-hydrogen) atoms. The molecule has 0 aromatic rings. The fourth-order valence-electron chi connectivity index (χ4n) is 5.47. The minimum atomic E-state index is -1.64. The van der Waals surface area contributed by atoms with Gasteiger partial charge in [-0.25, -0.2) is 0 Å². The van der Waals surface area contributed by atoms with Crippen molar-refractivity contribution < 1.29 is 59.5 Å². The molecule has 3 aliphatic rings. The van der Waals surface area contributed by atoms with Gasteiger partial charge in [0.05, 0.1) is 19.3 Å². The monoisotopic (exact) mass is 534 g/mol. The summed E-state index contributed by atoms with van der Waals surface area (Å²) < 4.78 is 22.3. The molecule has 2 saturated heterocycles. The maximum Gasteiger partial charge on any atom is 0.186 e. The van der Waals surface area contributed by atoms with Crippen LogP contribution >= 0.6 is 0 Å². The number of allylic oxidation sites excluding steroid dienone is 2. The molecule has 12 nitrogen and oxygen atoms in total. The molecule has 12 atom stereocenters. The first-order chi connectivity index (χ1) is 17.3. The lowest BCUT2D eigenvalue weighted by Gasteiger charge is -2.43. The van der Waals surface area contributed by atoms with E-state index in [2.05, 4.69) is 13.8 Å². The van der Waals surface area contributed by atoms with Crippen molar-refractivity contribution in [1.29, 1.82) is 0 Å². The summed E-state index contributed by atoms with van der Waals surface area (Å²) >= 11 is 0. The van der Waals surface area contributed by atoms with E-state index in [9.17, 15) is 40.5 Å². The molecule has 0 aromatic carbocycles. The summed E-state index contributed by atoms with van der Waals surface area (Å²) in [5, 5.41) is 70.4. The van der Waals surface area contributed by atoms with Gasteiger partial charge in [0, 0.05) is 6.42 Å². The van der Waals surface area contributed by atoms with Crippen molar-refractivity contribution in [1.82, 2.24) is 0 Å². The van der Waals surface area contributed by atoms with Gasteiger partial charge in [0.15, 0.2) is 18.4 Å². The van der Waals surface area contributed by atoms with E-state index in [0.717, 1.165) is 12.0 Å². The van der Waals surface area contributed by atoms with Crippen molar-refractivity contribution >= 4 is 5.78 Å². The third-order valence-electron chi connectivity index (χ3n) is 7.68. The first-order valence-corrected chi connectivity index (χ1v) is 12.7. The Balaban J connectivity index is 1.57. The van der Waals surface area contributed by atoms with E-state index in [4.69, 9.17) is 18.9 Å². The molecular weight excluding hydrogens is 492 g/mol. The number of carbonyl (C=O) groups is 1. The van der Waals surface area contributed by atoms with Crippen LogP contribution in [0.15, 0.2) is 11.6 Å². The van der Waals surface area contributed by atoms with E-state index in [-0.39, 0.29) is 17.1 Å². The number of hydrogen-bond donors (Lipinski definition) is 7. The van der Waals surface area contributed by atoms with Crippen molar-refractivity contribution in [3.05, 3.63) is 11.6 Å². The summed E-state index contributed by atoms with van der Waals surface area (Å²) in [5.41, 5.74) is 0.829. The largest absolute Gasteiger partial charge is 0.394 e. The fraction of sp³-hybridized carbons (Fsp3) is 0.880. The van der Waals surface area contributed by atoms with Gasteiger partial charge in [-0.1, -0.05) is 19.4 Å². The van der Waals surface area contributed by atoms with Gasteiger partial charge >= 0.3 is 0 Å². The van der Waals surface area contributed by atoms with Crippen LogP contribution in [0.1, 0.15) is 47.0 Å². The molecule has 0 saturated carbocycles. The van der Waals surface area contributed by atoms with Gasteiger partial charge in [-0.05, 0) is 44.1 Å². The minimum Gasteiger partial charge on any atom is -0.394 e. The third-order valence-corrected chi connectivity index (χ3v) is 7.68. The first-order valence-electron chi connectivity index (χ1n) is 12.7. The number of carbonyl (C=O) groups excluding carboxylic acids is 1. The molecule has 214 valence electrons. The lowest BCUT2D eigenvalue weighted by Crippen LogP contribution is -2.62. The standard InChI is InChI=1S/C25H42O12/c1-11-7-13(27)8-25(3,4)14(11)6-5-12(2)35-24-22(33)20(31)18(29)16(37-24)10-34-23-21(32)19(30)17(28)15(9-26)36-23/h7,12,14-24,26,28-33H,5-6,8-10H2,1-4H3/t12-,14+,15-,16-,17-,18-,19+,20+,21-,22-,23-,24-/m1/s1. The lowest BCUT2D eigenvalue weighted by molar-refractivity contribution is -0.335. The summed E-state index contributed by atoms with van der Waals surface area (Å²) in [5.74, 6) is 0.298. The normalized spacial score (nSPS) is 43.4. The summed E-state index contributed by atoms with van der Waals surface area (Å²) in [6.45, 7) is 6.81. The molecule has 0 aromatic heterocycles. The highest BCUT2D eigenvalue weighted by atomic mass is 16.7. The van der Waals surface area contributed by atoms with Crippen LogP contribution in [0.4, 0.5) is 0 Å². The predicted octanol–water partition coefficient (Wildman–Crippen LogP) is -1.64. The maximum absolute atomic E-state index is 11.9. The van der Waals surface area contributed by atoms with E-state index in [0.29, 0.717) is 12.8 Å². The van der Waals surface area contributed by atoms with E-state index < -0.39 is 80.7 Å². The van der Waals surface area contributed by atoms with Crippen molar-refractivity contribution in [3.63, 3.8) is 0 Å². The summed E-state index contributed by atoms with van der Waals surface area (Å²) in [7, 11) is 0. The van der Waals surface area contributed by atoms with Crippen LogP contribution < -0.4 is 0 Å². The van der Waals surface area contributed by atoms with Crippen LogP contribution in [0.3, 0.4) is 0 Å². The van der Waals surface area contributed by atoms with Crippen molar-refractivity contribution in [3.8, 4) is 0 Å². The molecule has 0 amide bonds. The predicted molar refractivity (Wildman–Crippen MR) is 127 cm³/mol. The van der Waals surface area contributed by atoms with Crippen molar-refractivity contribution in [2.45, 2.75) is 114 Å². The highest BCUT2D eigenvalue weighted by Crippen LogP contribution is 2.42. The minimum absolute atomic E-state index is 0.117. The summed E-state index contributed by atoms with van der Waals surface area (Å²) in [6, 6.07) is 0. The Hall–Kier alpha value is -1.03. The highest BCUT2D eigenvalue weighted by Gasteiger charge is 2.48. The molecule has 0 radical (unpaired) electrons. The SMILES string of the molecule is CC1=CC(=O)CC(C)(C)[C@H]1CC[C@@H](C)O[C@@H]1O[C@H](CO[C@@H]2O[C@H](CO)[C@@H](O)[C@H](O)[C@H]2O)[C@@H](O)[C@H](O)[C@H]1O. The molecule has 0 spiro atoms. The summed E-state index contributed by atoms with van der Waals surface area (Å²) in [6.07, 6.45) is -11.5. The number of rotatable bonds is 9. The molecule has 3 rings (SSSR count). The van der Waals surface area contributed by atoms with Gasteiger partial charge in [0.2, 0.25) is 0 Å². The zero-order valence-electron chi connectivity index (χ0n) is 21.7. The lowest BCUT2D eigenvalue weighted by atomic mass is 9.66. The maximum atomic E-state index is 11.9. The van der Waals surface area contributed by atoms with Crippen molar-refractivity contribution in [2.24, 2.45) is 11.3 Å². The molecule has 2 heterocycles. The van der Waals surface area contributed by atoms with Gasteiger partial charge < -0.3 is 54.7 Å². The van der Waals surface area contributed by atoms with Gasteiger partial charge in [0.25, 0.3) is 0 Å². The zero-order valence-corrected chi connectivity index (χ0v) is 21.7. The second-order valence-corrected chi connectivity index (χ2v) is 11.1. The van der Waals surface area contributed by atoms with Crippen LogP contribution in [0.2, 0.25) is 0 Å². The van der Waals surface area contributed by atoms with Gasteiger partial charge in [-0.3, -0.25) is 4.79 Å². The molecule has 2 fully saturated rings. The molecular formula is C25H42O12. The molecule has 0 unspecified atom stereocenters.